The Morgan fingerprint density at radius 1 is 0.812 bits per heavy atom. The molecule has 158 valence electrons. The molecular formula is C28H24N2O2. The van der Waals surface area contributed by atoms with Crippen LogP contribution >= 0.6 is 0 Å². The van der Waals surface area contributed by atoms with Crippen LogP contribution in [0.25, 0.3) is 6.08 Å². The topological polar surface area (TPSA) is 46.3 Å². The smallest absolute Gasteiger partial charge is 0.181 e. The lowest BCUT2D eigenvalue weighted by molar-refractivity contribution is -0.117. The van der Waals surface area contributed by atoms with Crippen molar-refractivity contribution in [3.05, 3.63) is 132 Å². The minimum absolute atomic E-state index is 0.160. The first-order valence-corrected chi connectivity index (χ1v) is 10.8. The van der Waals surface area contributed by atoms with Gasteiger partial charge in [0, 0.05) is 25.1 Å². The maximum absolute atomic E-state index is 12.8. The van der Waals surface area contributed by atoms with E-state index in [0.717, 1.165) is 5.57 Å². The van der Waals surface area contributed by atoms with Crippen molar-refractivity contribution < 1.29 is 9.21 Å². The number of benzene rings is 3. The van der Waals surface area contributed by atoms with E-state index in [9.17, 15) is 4.79 Å². The molecule has 1 saturated heterocycles. The van der Waals surface area contributed by atoms with Gasteiger partial charge in [-0.05, 0) is 22.8 Å². The van der Waals surface area contributed by atoms with Crippen molar-refractivity contribution in [1.29, 1.82) is 0 Å². The third kappa shape index (κ3) is 3.59. The van der Waals surface area contributed by atoms with Gasteiger partial charge in [0.1, 0.15) is 12.0 Å². The molecule has 2 heterocycles. The normalized spacial score (nSPS) is 16.4. The van der Waals surface area contributed by atoms with E-state index in [-0.39, 0.29) is 5.78 Å². The average Bonchev–Trinajstić information content (AvgIpc) is 3.37. The zero-order valence-electron chi connectivity index (χ0n) is 17.7. The third-order valence-electron chi connectivity index (χ3n) is 6.15. The first kappa shape index (κ1) is 20.2. The predicted octanol–water partition coefficient (Wildman–Crippen LogP) is 5.32. The Labute approximate surface area is 187 Å². The summed E-state index contributed by atoms with van der Waals surface area (Å²) in [6.45, 7) is 1.18. The molecule has 1 fully saturated rings. The molecule has 4 heteroatoms. The molecule has 1 aromatic heterocycles. The van der Waals surface area contributed by atoms with Crippen molar-refractivity contribution in [1.82, 2.24) is 9.88 Å². The van der Waals surface area contributed by atoms with E-state index in [1.165, 1.54) is 23.1 Å². The van der Waals surface area contributed by atoms with Gasteiger partial charge in [-0.15, -0.1) is 0 Å². The number of piperidine rings is 1. The van der Waals surface area contributed by atoms with Gasteiger partial charge in [0.25, 0.3) is 0 Å². The van der Waals surface area contributed by atoms with Gasteiger partial charge in [0.2, 0.25) is 0 Å². The summed E-state index contributed by atoms with van der Waals surface area (Å²) in [5.74, 6) is 0.160. The summed E-state index contributed by atoms with van der Waals surface area (Å²) >= 11 is 0. The SMILES string of the molecule is O=C1CCN(C(c2ccccc2)(c2ccccc2)c2ccccc2)CC1=Cc1cocn1. The second-order valence-corrected chi connectivity index (χ2v) is 7.99. The molecule has 0 N–H and O–H groups in total. The maximum Gasteiger partial charge on any atom is 0.181 e. The van der Waals surface area contributed by atoms with Crippen molar-refractivity contribution >= 4 is 11.9 Å². The van der Waals surface area contributed by atoms with Crippen LogP contribution in [0.2, 0.25) is 0 Å². The van der Waals surface area contributed by atoms with E-state index < -0.39 is 5.54 Å². The van der Waals surface area contributed by atoms with E-state index in [1.807, 2.05) is 24.3 Å². The van der Waals surface area contributed by atoms with E-state index in [1.54, 1.807) is 6.26 Å². The lowest BCUT2D eigenvalue weighted by Crippen LogP contribution is -2.52. The predicted molar refractivity (Wildman–Crippen MR) is 125 cm³/mol. The zero-order valence-corrected chi connectivity index (χ0v) is 17.7. The number of carbonyl (C=O) groups excluding carboxylic acids is 1. The highest BCUT2D eigenvalue weighted by Gasteiger charge is 2.44. The fourth-order valence-corrected chi connectivity index (χ4v) is 4.74. The molecule has 0 atom stereocenters. The lowest BCUT2D eigenvalue weighted by atomic mass is 9.74. The monoisotopic (exact) mass is 420 g/mol. The van der Waals surface area contributed by atoms with E-state index in [2.05, 4.69) is 82.7 Å². The maximum atomic E-state index is 12.8. The van der Waals surface area contributed by atoms with Gasteiger partial charge in [-0.3, -0.25) is 9.69 Å². The second-order valence-electron chi connectivity index (χ2n) is 7.99. The number of hydrogen-bond acceptors (Lipinski definition) is 4. The van der Waals surface area contributed by atoms with Crippen LogP contribution in [-0.4, -0.2) is 28.8 Å². The zero-order chi connectivity index (χ0) is 21.8. The van der Waals surface area contributed by atoms with Crippen LogP contribution in [0.1, 0.15) is 28.8 Å². The Morgan fingerprint density at radius 3 is 1.81 bits per heavy atom. The Hall–Kier alpha value is -3.76. The van der Waals surface area contributed by atoms with Gasteiger partial charge in [-0.2, -0.15) is 0 Å². The average molecular weight is 421 g/mol. The minimum Gasteiger partial charge on any atom is -0.451 e. The van der Waals surface area contributed by atoms with Crippen LogP contribution in [0.5, 0.6) is 0 Å². The van der Waals surface area contributed by atoms with Gasteiger partial charge in [-0.25, -0.2) is 4.98 Å². The van der Waals surface area contributed by atoms with Gasteiger partial charge < -0.3 is 4.42 Å². The molecule has 0 bridgehead atoms. The van der Waals surface area contributed by atoms with Crippen molar-refractivity contribution in [2.24, 2.45) is 0 Å². The Bertz CT molecular complexity index is 1100. The lowest BCUT2D eigenvalue weighted by Gasteiger charge is -2.47. The second kappa shape index (κ2) is 8.77. The fraction of sp³-hybridized carbons (Fsp3) is 0.143. The Kier molecular flexibility index (Phi) is 5.53. The summed E-state index contributed by atoms with van der Waals surface area (Å²) in [6, 6.07) is 31.7. The van der Waals surface area contributed by atoms with E-state index in [4.69, 9.17) is 4.42 Å². The molecule has 0 unspecified atom stereocenters. The van der Waals surface area contributed by atoms with Crippen LogP contribution in [0, 0.1) is 0 Å². The molecule has 3 aromatic carbocycles. The van der Waals surface area contributed by atoms with Crippen LogP contribution in [0.4, 0.5) is 0 Å². The van der Waals surface area contributed by atoms with Crippen LogP contribution in [0.15, 0.2) is 114 Å². The highest BCUT2D eigenvalue weighted by molar-refractivity contribution is 6.00. The number of carbonyl (C=O) groups is 1. The fourth-order valence-electron chi connectivity index (χ4n) is 4.74. The van der Waals surface area contributed by atoms with Crippen molar-refractivity contribution in [2.45, 2.75) is 12.0 Å². The number of Topliss-reactive ketones (excluding diaryl/α,β-unsaturated/α-hetero) is 1. The first-order valence-electron chi connectivity index (χ1n) is 10.8. The molecule has 5 rings (SSSR count). The van der Waals surface area contributed by atoms with E-state index in [0.29, 0.717) is 25.2 Å². The molecule has 0 spiro atoms. The summed E-state index contributed by atoms with van der Waals surface area (Å²) in [7, 11) is 0. The molecule has 0 radical (unpaired) electrons. The molecule has 4 nitrogen and oxygen atoms in total. The highest BCUT2D eigenvalue weighted by atomic mass is 16.3. The van der Waals surface area contributed by atoms with Gasteiger partial charge >= 0.3 is 0 Å². The van der Waals surface area contributed by atoms with Gasteiger partial charge in [-0.1, -0.05) is 91.0 Å². The first-order chi connectivity index (χ1) is 15.8. The quantitative estimate of drug-likeness (QED) is 0.324. The summed E-state index contributed by atoms with van der Waals surface area (Å²) < 4.78 is 5.11. The van der Waals surface area contributed by atoms with Crippen molar-refractivity contribution in [3.8, 4) is 0 Å². The number of rotatable bonds is 5. The number of oxazole rings is 1. The summed E-state index contributed by atoms with van der Waals surface area (Å²) in [4.78, 5) is 19.5. The Morgan fingerprint density at radius 2 is 1.34 bits per heavy atom. The number of ketones is 1. The summed E-state index contributed by atoms with van der Waals surface area (Å²) in [5, 5.41) is 0. The molecule has 0 saturated carbocycles. The van der Waals surface area contributed by atoms with Gasteiger partial charge in [0.15, 0.2) is 12.2 Å². The Balaban J connectivity index is 1.72. The van der Waals surface area contributed by atoms with Crippen LogP contribution in [-0.2, 0) is 10.3 Å². The molecule has 4 aromatic rings. The molecular weight excluding hydrogens is 396 g/mol. The largest absolute Gasteiger partial charge is 0.451 e. The van der Waals surface area contributed by atoms with Crippen molar-refractivity contribution in [3.63, 3.8) is 0 Å². The number of aromatic nitrogens is 1. The molecule has 1 aliphatic heterocycles. The number of nitrogens with zero attached hydrogens (tertiary/aromatic N) is 2. The summed E-state index contributed by atoms with van der Waals surface area (Å²) in [5.41, 5.74) is 4.40. The standard InChI is InChI=1S/C28H24N2O2/c31-27-16-17-30(19-22(27)18-26-20-32-21-29-26)28(23-10-4-1-5-11-23,24-12-6-2-7-13-24)25-14-8-3-9-15-25/h1-15,18,20-21H,16-17,19H2. The molecule has 0 aliphatic carbocycles. The van der Waals surface area contributed by atoms with E-state index >= 15 is 0 Å². The van der Waals surface area contributed by atoms with Crippen LogP contribution < -0.4 is 0 Å². The number of hydrogen-bond donors (Lipinski definition) is 0. The molecule has 0 amide bonds. The highest BCUT2D eigenvalue weighted by Crippen LogP contribution is 2.43. The third-order valence-corrected chi connectivity index (χ3v) is 6.15. The minimum atomic E-state index is -0.534. The number of likely N-dealkylation sites (tertiary alicyclic amines) is 1. The molecule has 32 heavy (non-hydrogen) atoms. The summed E-state index contributed by atoms with van der Waals surface area (Å²) in [6.07, 6.45) is 5.26. The molecule has 1 aliphatic rings. The van der Waals surface area contributed by atoms with Crippen molar-refractivity contribution in [2.75, 3.05) is 13.1 Å². The van der Waals surface area contributed by atoms with Gasteiger partial charge in [0.05, 0.1) is 5.54 Å². The van der Waals surface area contributed by atoms with Crippen LogP contribution in [0.3, 0.4) is 0 Å².